The van der Waals surface area contributed by atoms with Crippen LogP contribution in [0, 0.1) is 0 Å². The zero-order chi connectivity index (χ0) is 14.1. The highest BCUT2D eigenvalue weighted by Crippen LogP contribution is 2.18. The minimum Gasteiger partial charge on any atom is -0.399 e. The third-order valence-electron chi connectivity index (χ3n) is 2.34. The van der Waals surface area contributed by atoms with Gasteiger partial charge in [-0.25, -0.2) is 0 Å². The molecule has 0 saturated carbocycles. The van der Waals surface area contributed by atoms with Crippen molar-refractivity contribution in [1.82, 2.24) is 5.32 Å². The molecule has 0 aliphatic rings. The number of nitrogens with two attached hydrogens (primary N) is 1. The summed E-state index contributed by atoms with van der Waals surface area (Å²) in [6, 6.07) is 7.51. The molecule has 106 valence electrons. The fraction of sp³-hybridized carbons (Fsp3) is 0.500. The van der Waals surface area contributed by atoms with Gasteiger partial charge in [0.2, 0.25) is 5.91 Å². The van der Waals surface area contributed by atoms with Gasteiger partial charge in [0.05, 0.1) is 11.9 Å². The van der Waals surface area contributed by atoms with Gasteiger partial charge in [0, 0.05) is 23.7 Å². The van der Waals surface area contributed by atoms with Crippen molar-refractivity contribution in [2.24, 2.45) is 0 Å². The quantitative estimate of drug-likeness (QED) is 0.436. The molecule has 0 aliphatic heterocycles. The minimum absolute atomic E-state index is 0.0476. The monoisotopic (exact) mass is 282 g/mol. The Labute approximate surface area is 119 Å². The van der Waals surface area contributed by atoms with Crippen molar-refractivity contribution < 1.29 is 9.53 Å². The summed E-state index contributed by atoms with van der Waals surface area (Å²) in [5.74, 6) is 0.473. The predicted octanol–water partition coefficient (Wildman–Crippen LogP) is 2.29. The molecular weight excluding hydrogens is 260 g/mol. The first kappa shape index (κ1) is 15.9. The van der Waals surface area contributed by atoms with Gasteiger partial charge in [-0.1, -0.05) is 0 Å². The number of nitrogen functional groups attached to an aromatic ring is 1. The topological polar surface area (TPSA) is 64.3 Å². The van der Waals surface area contributed by atoms with Gasteiger partial charge in [-0.05, 0) is 44.5 Å². The molecule has 0 saturated heterocycles. The van der Waals surface area contributed by atoms with E-state index in [1.807, 2.05) is 38.1 Å². The number of hydrogen-bond acceptors (Lipinski definition) is 4. The molecule has 1 amide bonds. The van der Waals surface area contributed by atoms with Crippen molar-refractivity contribution in [2.45, 2.75) is 31.3 Å². The lowest BCUT2D eigenvalue weighted by atomic mass is 10.3. The van der Waals surface area contributed by atoms with Crippen LogP contribution in [0.5, 0.6) is 0 Å². The van der Waals surface area contributed by atoms with Gasteiger partial charge in [-0.3, -0.25) is 4.79 Å². The van der Waals surface area contributed by atoms with Gasteiger partial charge in [0.1, 0.15) is 0 Å². The molecule has 19 heavy (non-hydrogen) atoms. The highest BCUT2D eigenvalue weighted by Gasteiger charge is 2.02. The molecule has 0 bridgehead atoms. The second-order valence-electron chi connectivity index (χ2n) is 4.48. The SMILES string of the molecule is CC(C)OCCCNC(=O)CSc1ccc(N)cc1. The van der Waals surface area contributed by atoms with Crippen LogP contribution in [-0.2, 0) is 9.53 Å². The highest BCUT2D eigenvalue weighted by atomic mass is 32.2. The maximum absolute atomic E-state index is 11.6. The van der Waals surface area contributed by atoms with E-state index >= 15 is 0 Å². The molecule has 1 rings (SSSR count). The fourth-order valence-corrected chi connectivity index (χ4v) is 2.11. The molecule has 3 N–H and O–H groups in total. The Hall–Kier alpha value is -1.20. The van der Waals surface area contributed by atoms with E-state index in [2.05, 4.69) is 5.32 Å². The standard InChI is InChI=1S/C14H22N2O2S/c1-11(2)18-9-3-8-16-14(17)10-19-13-6-4-12(15)5-7-13/h4-7,11H,3,8-10,15H2,1-2H3,(H,16,17). The number of hydrogen-bond donors (Lipinski definition) is 2. The third kappa shape index (κ3) is 7.74. The van der Waals surface area contributed by atoms with Gasteiger partial charge in [-0.15, -0.1) is 11.8 Å². The van der Waals surface area contributed by atoms with Crippen molar-refractivity contribution in [3.05, 3.63) is 24.3 Å². The van der Waals surface area contributed by atoms with Crippen LogP contribution in [0.1, 0.15) is 20.3 Å². The Morgan fingerprint density at radius 3 is 2.68 bits per heavy atom. The fourth-order valence-electron chi connectivity index (χ4n) is 1.38. The maximum atomic E-state index is 11.6. The summed E-state index contributed by atoms with van der Waals surface area (Å²) in [4.78, 5) is 12.6. The Bertz CT molecular complexity index is 380. The third-order valence-corrected chi connectivity index (χ3v) is 3.36. The largest absolute Gasteiger partial charge is 0.399 e. The Kier molecular flexibility index (Phi) is 7.36. The van der Waals surface area contributed by atoms with Crippen LogP contribution < -0.4 is 11.1 Å². The van der Waals surface area contributed by atoms with E-state index in [1.54, 1.807) is 0 Å². The first-order chi connectivity index (χ1) is 9.08. The summed E-state index contributed by atoms with van der Waals surface area (Å²) in [5.41, 5.74) is 6.33. The van der Waals surface area contributed by atoms with Crippen molar-refractivity contribution in [3.8, 4) is 0 Å². The summed E-state index contributed by atoms with van der Waals surface area (Å²) in [6.07, 6.45) is 1.09. The van der Waals surface area contributed by atoms with E-state index in [4.69, 9.17) is 10.5 Å². The molecule has 0 unspecified atom stereocenters. The smallest absolute Gasteiger partial charge is 0.230 e. The molecule has 0 heterocycles. The molecule has 0 spiro atoms. The summed E-state index contributed by atoms with van der Waals surface area (Å²) >= 11 is 1.51. The van der Waals surface area contributed by atoms with Gasteiger partial charge in [0.15, 0.2) is 0 Å². The van der Waals surface area contributed by atoms with E-state index in [0.29, 0.717) is 18.9 Å². The lowest BCUT2D eigenvalue weighted by molar-refractivity contribution is -0.118. The molecule has 0 radical (unpaired) electrons. The zero-order valence-electron chi connectivity index (χ0n) is 11.5. The summed E-state index contributed by atoms with van der Waals surface area (Å²) in [5, 5.41) is 2.87. The maximum Gasteiger partial charge on any atom is 0.230 e. The number of carbonyl (C=O) groups excluding carboxylic acids is 1. The average Bonchev–Trinajstić information content (AvgIpc) is 2.37. The molecule has 4 nitrogen and oxygen atoms in total. The highest BCUT2D eigenvalue weighted by molar-refractivity contribution is 8.00. The lowest BCUT2D eigenvalue weighted by Gasteiger charge is -2.08. The van der Waals surface area contributed by atoms with Crippen LogP contribution in [0.3, 0.4) is 0 Å². The first-order valence-electron chi connectivity index (χ1n) is 6.44. The molecular formula is C14H22N2O2S. The van der Waals surface area contributed by atoms with E-state index in [-0.39, 0.29) is 12.0 Å². The number of carbonyl (C=O) groups is 1. The second-order valence-corrected chi connectivity index (χ2v) is 5.53. The number of thioether (sulfide) groups is 1. The van der Waals surface area contributed by atoms with Crippen LogP contribution >= 0.6 is 11.8 Å². The summed E-state index contributed by atoms with van der Waals surface area (Å²) in [7, 11) is 0. The Morgan fingerprint density at radius 2 is 2.05 bits per heavy atom. The molecule has 0 aliphatic carbocycles. The minimum atomic E-state index is 0.0476. The van der Waals surface area contributed by atoms with E-state index in [9.17, 15) is 4.79 Å². The average molecular weight is 282 g/mol. The van der Waals surface area contributed by atoms with Crippen molar-refractivity contribution >= 4 is 23.4 Å². The van der Waals surface area contributed by atoms with Crippen LogP contribution in [-0.4, -0.2) is 30.9 Å². The van der Waals surface area contributed by atoms with Crippen LogP contribution in [0.4, 0.5) is 5.69 Å². The lowest BCUT2D eigenvalue weighted by Crippen LogP contribution is -2.27. The molecule has 0 atom stereocenters. The Balaban J connectivity index is 2.09. The van der Waals surface area contributed by atoms with E-state index in [1.165, 1.54) is 11.8 Å². The summed E-state index contributed by atoms with van der Waals surface area (Å²) in [6.45, 7) is 5.35. The second kappa shape index (κ2) is 8.82. The normalized spacial score (nSPS) is 10.7. The first-order valence-corrected chi connectivity index (χ1v) is 7.43. The summed E-state index contributed by atoms with van der Waals surface area (Å²) < 4.78 is 5.40. The van der Waals surface area contributed by atoms with Gasteiger partial charge in [-0.2, -0.15) is 0 Å². The zero-order valence-corrected chi connectivity index (χ0v) is 12.3. The van der Waals surface area contributed by atoms with Gasteiger partial charge in [0.25, 0.3) is 0 Å². The Morgan fingerprint density at radius 1 is 1.37 bits per heavy atom. The predicted molar refractivity (Wildman–Crippen MR) is 80.3 cm³/mol. The van der Waals surface area contributed by atoms with Crippen LogP contribution in [0.25, 0.3) is 0 Å². The number of amides is 1. The van der Waals surface area contributed by atoms with Crippen LogP contribution in [0.15, 0.2) is 29.2 Å². The molecule has 5 heteroatoms. The van der Waals surface area contributed by atoms with Crippen LogP contribution in [0.2, 0.25) is 0 Å². The number of nitrogens with one attached hydrogen (secondary N) is 1. The molecule has 0 aromatic heterocycles. The van der Waals surface area contributed by atoms with E-state index < -0.39 is 0 Å². The number of benzene rings is 1. The van der Waals surface area contributed by atoms with Crippen molar-refractivity contribution in [1.29, 1.82) is 0 Å². The molecule has 1 aromatic carbocycles. The van der Waals surface area contributed by atoms with Crippen molar-refractivity contribution in [3.63, 3.8) is 0 Å². The number of rotatable bonds is 8. The molecule has 1 aromatic rings. The van der Waals surface area contributed by atoms with Gasteiger partial charge >= 0.3 is 0 Å². The number of ether oxygens (including phenoxy) is 1. The van der Waals surface area contributed by atoms with Gasteiger partial charge < -0.3 is 15.8 Å². The molecule has 0 fully saturated rings. The number of anilines is 1. The van der Waals surface area contributed by atoms with Crippen molar-refractivity contribution in [2.75, 3.05) is 24.6 Å². The van der Waals surface area contributed by atoms with E-state index in [0.717, 1.165) is 17.0 Å².